The van der Waals surface area contributed by atoms with Crippen molar-refractivity contribution in [1.82, 2.24) is 4.90 Å². The molecule has 0 bridgehead atoms. The number of hydrogen-bond donors (Lipinski definition) is 0. The van der Waals surface area contributed by atoms with Gasteiger partial charge in [0.1, 0.15) is 13.2 Å². The van der Waals surface area contributed by atoms with E-state index in [0.717, 1.165) is 43.6 Å². The van der Waals surface area contributed by atoms with E-state index in [4.69, 9.17) is 9.47 Å². The van der Waals surface area contributed by atoms with Gasteiger partial charge in [0.2, 0.25) is 0 Å². The highest BCUT2D eigenvalue weighted by molar-refractivity contribution is 5.65. The van der Waals surface area contributed by atoms with Gasteiger partial charge in [-0.1, -0.05) is 30.3 Å². The maximum absolute atomic E-state index is 5.88. The minimum atomic E-state index is 0.644. The normalized spacial score (nSPS) is 22.2. The standard InChI is InChI=1S/C21H24N2O2/c1-2-5-18-16(4-1)14-17(18)15-22-8-10-23(11-9-22)19-6-3-7-20-21(19)25-13-12-24-20/h1-7,17H,8-15H2. The molecule has 25 heavy (non-hydrogen) atoms. The van der Waals surface area contributed by atoms with Gasteiger partial charge in [-0.2, -0.15) is 0 Å². The fourth-order valence-electron chi connectivity index (χ4n) is 4.32. The van der Waals surface area contributed by atoms with Crippen LogP contribution in [0.1, 0.15) is 17.0 Å². The molecule has 0 N–H and O–H groups in total. The molecule has 2 heterocycles. The Balaban J connectivity index is 1.23. The summed E-state index contributed by atoms with van der Waals surface area (Å²) >= 11 is 0. The van der Waals surface area contributed by atoms with E-state index in [0.29, 0.717) is 13.2 Å². The summed E-state index contributed by atoms with van der Waals surface area (Å²) in [5.74, 6) is 2.54. The zero-order chi connectivity index (χ0) is 16.6. The molecule has 4 nitrogen and oxygen atoms in total. The first-order chi connectivity index (χ1) is 12.4. The molecule has 130 valence electrons. The van der Waals surface area contributed by atoms with Crippen molar-refractivity contribution in [2.24, 2.45) is 0 Å². The van der Waals surface area contributed by atoms with Crippen LogP contribution in [-0.2, 0) is 6.42 Å². The van der Waals surface area contributed by atoms with Crippen LogP contribution >= 0.6 is 0 Å². The molecule has 4 heteroatoms. The lowest BCUT2D eigenvalue weighted by molar-refractivity contribution is 0.171. The van der Waals surface area contributed by atoms with Gasteiger partial charge in [0, 0.05) is 38.6 Å². The molecule has 1 atom stereocenters. The minimum Gasteiger partial charge on any atom is -0.486 e. The van der Waals surface area contributed by atoms with Crippen LogP contribution < -0.4 is 14.4 Å². The van der Waals surface area contributed by atoms with Crippen LogP contribution in [0.5, 0.6) is 11.5 Å². The summed E-state index contributed by atoms with van der Waals surface area (Å²) in [6.45, 7) is 6.81. The van der Waals surface area contributed by atoms with Gasteiger partial charge in [-0.3, -0.25) is 4.90 Å². The summed E-state index contributed by atoms with van der Waals surface area (Å²) in [6.07, 6.45) is 1.24. The summed E-state index contributed by atoms with van der Waals surface area (Å²) in [6, 6.07) is 15.1. The Morgan fingerprint density at radius 2 is 1.72 bits per heavy atom. The van der Waals surface area contributed by atoms with Gasteiger partial charge in [-0.25, -0.2) is 0 Å². The lowest BCUT2D eigenvalue weighted by Crippen LogP contribution is -2.48. The Hall–Kier alpha value is -2.20. The lowest BCUT2D eigenvalue weighted by atomic mass is 9.77. The molecule has 1 fully saturated rings. The topological polar surface area (TPSA) is 24.9 Å². The van der Waals surface area contributed by atoms with E-state index in [1.807, 2.05) is 6.07 Å². The highest BCUT2D eigenvalue weighted by Gasteiger charge is 2.29. The molecule has 0 saturated carbocycles. The largest absolute Gasteiger partial charge is 0.486 e. The first kappa shape index (κ1) is 15.1. The molecule has 1 unspecified atom stereocenters. The highest BCUT2D eigenvalue weighted by Crippen LogP contribution is 2.40. The number of piperazine rings is 1. The summed E-state index contributed by atoms with van der Waals surface area (Å²) in [7, 11) is 0. The van der Waals surface area contributed by atoms with Crippen LogP contribution in [0.15, 0.2) is 42.5 Å². The van der Waals surface area contributed by atoms with Gasteiger partial charge >= 0.3 is 0 Å². The number of fused-ring (bicyclic) bond motifs is 2. The highest BCUT2D eigenvalue weighted by atomic mass is 16.6. The fraction of sp³-hybridized carbons (Fsp3) is 0.429. The predicted molar refractivity (Wildman–Crippen MR) is 99.0 cm³/mol. The maximum Gasteiger partial charge on any atom is 0.184 e. The third kappa shape index (κ3) is 2.74. The molecular weight excluding hydrogens is 312 g/mol. The van der Waals surface area contributed by atoms with Gasteiger partial charge in [0.25, 0.3) is 0 Å². The van der Waals surface area contributed by atoms with E-state index in [1.165, 1.54) is 18.7 Å². The smallest absolute Gasteiger partial charge is 0.184 e. The van der Waals surface area contributed by atoms with Crippen LogP contribution in [-0.4, -0.2) is 50.8 Å². The van der Waals surface area contributed by atoms with Crippen molar-refractivity contribution in [2.45, 2.75) is 12.3 Å². The molecule has 0 aromatic heterocycles. The van der Waals surface area contributed by atoms with E-state index in [-0.39, 0.29) is 0 Å². The molecule has 5 rings (SSSR count). The van der Waals surface area contributed by atoms with Crippen molar-refractivity contribution in [3.05, 3.63) is 53.6 Å². The number of ether oxygens (including phenoxy) is 2. The van der Waals surface area contributed by atoms with Crippen LogP contribution in [0.4, 0.5) is 5.69 Å². The van der Waals surface area contributed by atoms with Crippen LogP contribution in [0.2, 0.25) is 0 Å². The summed E-state index contributed by atoms with van der Waals surface area (Å²) < 4.78 is 11.6. The zero-order valence-electron chi connectivity index (χ0n) is 14.5. The lowest BCUT2D eigenvalue weighted by Gasteiger charge is -2.40. The fourth-order valence-corrected chi connectivity index (χ4v) is 4.32. The zero-order valence-corrected chi connectivity index (χ0v) is 14.5. The van der Waals surface area contributed by atoms with Crippen LogP contribution in [0, 0.1) is 0 Å². The van der Waals surface area contributed by atoms with Crippen LogP contribution in [0.3, 0.4) is 0 Å². The van der Waals surface area contributed by atoms with Crippen molar-refractivity contribution in [1.29, 1.82) is 0 Å². The van der Waals surface area contributed by atoms with Crippen molar-refractivity contribution in [2.75, 3.05) is 50.8 Å². The first-order valence-electron chi connectivity index (χ1n) is 9.32. The summed E-state index contributed by atoms with van der Waals surface area (Å²) in [5.41, 5.74) is 4.29. The number of rotatable bonds is 3. The van der Waals surface area contributed by atoms with Gasteiger partial charge in [-0.15, -0.1) is 0 Å². The molecule has 2 aliphatic heterocycles. The Morgan fingerprint density at radius 1 is 0.880 bits per heavy atom. The van der Waals surface area contributed by atoms with Crippen molar-refractivity contribution >= 4 is 5.69 Å². The molecule has 1 aliphatic carbocycles. The number of nitrogens with zero attached hydrogens (tertiary/aromatic N) is 2. The maximum atomic E-state index is 5.88. The van der Waals surface area contributed by atoms with Gasteiger partial charge in [0.05, 0.1) is 5.69 Å². The second kappa shape index (κ2) is 6.26. The van der Waals surface area contributed by atoms with Gasteiger partial charge < -0.3 is 14.4 Å². The number of hydrogen-bond acceptors (Lipinski definition) is 4. The van der Waals surface area contributed by atoms with Gasteiger partial charge in [0.15, 0.2) is 11.5 Å². The Kier molecular flexibility index (Phi) is 3.78. The minimum absolute atomic E-state index is 0.644. The molecule has 0 radical (unpaired) electrons. The third-order valence-corrected chi connectivity index (χ3v) is 5.70. The second-order valence-corrected chi connectivity index (χ2v) is 7.19. The Morgan fingerprint density at radius 3 is 2.60 bits per heavy atom. The van der Waals surface area contributed by atoms with E-state index < -0.39 is 0 Å². The monoisotopic (exact) mass is 336 g/mol. The van der Waals surface area contributed by atoms with E-state index in [2.05, 4.69) is 46.2 Å². The average Bonchev–Trinajstić information content (AvgIpc) is 2.66. The molecule has 0 amide bonds. The number of benzene rings is 2. The van der Waals surface area contributed by atoms with E-state index >= 15 is 0 Å². The van der Waals surface area contributed by atoms with Crippen molar-refractivity contribution < 1.29 is 9.47 Å². The molecule has 3 aliphatic rings. The molecule has 2 aromatic rings. The number of para-hydroxylation sites is 1. The Bertz CT molecular complexity index is 768. The second-order valence-electron chi connectivity index (χ2n) is 7.19. The SMILES string of the molecule is c1ccc2c(c1)CC2CN1CCN(c2cccc3c2OCCO3)CC1. The van der Waals surface area contributed by atoms with Crippen molar-refractivity contribution in [3.63, 3.8) is 0 Å². The van der Waals surface area contributed by atoms with E-state index in [1.54, 1.807) is 11.1 Å². The predicted octanol–water partition coefficient (Wildman–Crippen LogP) is 2.92. The third-order valence-electron chi connectivity index (χ3n) is 5.70. The molecular formula is C21H24N2O2. The van der Waals surface area contributed by atoms with E-state index in [9.17, 15) is 0 Å². The van der Waals surface area contributed by atoms with Crippen molar-refractivity contribution in [3.8, 4) is 11.5 Å². The summed E-state index contributed by atoms with van der Waals surface area (Å²) in [5, 5.41) is 0. The van der Waals surface area contributed by atoms with Crippen LogP contribution in [0.25, 0.3) is 0 Å². The first-order valence-corrected chi connectivity index (χ1v) is 9.32. The average molecular weight is 336 g/mol. The molecule has 1 saturated heterocycles. The Labute approximate surface area is 149 Å². The number of anilines is 1. The quantitative estimate of drug-likeness (QED) is 0.860. The molecule has 0 spiro atoms. The van der Waals surface area contributed by atoms with Gasteiger partial charge in [-0.05, 0) is 29.7 Å². The summed E-state index contributed by atoms with van der Waals surface area (Å²) in [4.78, 5) is 5.06. The molecule has 2 aromatic carbocycles.